The Kier molecular flexibility index (Phi) is 4.17. The van der Waals surface area contributed by atoms with Crippen molar-refractivity contribution >= 4 is 40.7 Å². The summed E-state index contributed by atoms with van der Waals surface area (Å²) in [5, 5.41) is 20.3. The number of amides is 2. The standard InChI is InChI=1S/C9H8Cl2N2O4/c10-4-1-3(2-5(11)6(4)14)13-9(17)7(15)8(12)16/h1-2,7,14-15H,(H2,12,16)(H,13,17). The monoisotopic (exact) mass is 278 g/mol. The molecule has 1 unspecified atom stereocenters. The molecule has 1 rings (SSSR count). The number of benzene rings is 1. The van der Waals surface area contributed by atoms with Gasteiger partial charge in [-0.3, -0.25) is 9.59 Å². The number of aromatic hydroxyl groups is 1. The van der Waals surface area contributed by atoms with Gasteiger partial charge in [-0.05, 0) is 12.1 Å². The Morgan fingerprint density at radius 2 is 1.76 bits per heavy atom. The first-order valence-electron chi connectivity index (χ1n) is 4.29. The summed E-state index contributed by atoms with van der Waals surface area (Å²) in [6, 6.07) is 2.41. The van der Waals surface area contributed by atoms with Gasteiger partial charge >= 0.3 is 0 Å². The smallest absolute Gasteiger partial charge is 0.263 e. The lowest BCUT2D eigenvalue weighted by Crippen LogP contribution is -2.39. The number of anilines is 1. The molecule has 0 radical (unpaired) electrons. The van der Waals surface area contributed by atoms with Gasteiger partial charge in [0.1, 0.15) is 0 Å². The summed E-state index contributed by atoms with van der Waals surface area (Å²) in [5.74, 6) is -2.53. The highest BCUT2D eigenvalue weighted by Crippen LogP contribution is 2.34. The van der Waals surface area contributed by atoms with Crippen LogP contribution in [0.1, 0.15) is 0 Å². The third kappa shape index (κ3) is 3.23. The summed E-state index contributed by atoms with van der Waals surface area (Å²) in [4.78, 5) is 21.8. The van der Waals surface area contributed by atoms with Crippen molar-refractivity contribution in [3.05, 3.63) is 22.2 Å². The van der Waals surface area contributed by atoms with Crippen LogP contribution in [0.3, 0.4) is 0 Å². The van der Waals surface area contributed by atoms with E-state index in [-0.39, 0.29) is 21.5 Å². The first-order valence-corrected chi connectivity index (χ1v) is 5.04. The molecule has 0 saturated carbocycles. The second-order valence-corrected chi connectivity index (χ2v) is 3.90. The SMILES string of the molecule is NC(=O)C(O)C(=O)Nc1cc(Cl)c(O)c(Cl)c1. The minimum absolute atomic E-state index is 0.0821. The average Bonchev–Trinajstić information content (AvgIpc) is 2.24. The van der Waals surface area contributed by atoms with E-state index in [1.807, 2.05) is 0 Å². The molecule has 0 saturated heterocycles. The summed E-state index contributed by atoms with van der Waals surface area (Å²) in [5.41, 5.74) is 4.85. The molecular formula is C9H8Cl2N2O4. The molecular weight excluding hydrogens is 271 g/mol. The van der Waals surface area contributed by atoms with Crippen molar-refractivity contribution in [1.29, 1.82) is 0 Å². The minimum Gasteiger partial charge on any atom is -0.505 e. The predicted molar refractivity (Wildman–Crippen MR) is 62.0 cm³/mol. The van der Waals surface area contributed by atoms with E-state index in [1.165, 1.54) is 12.1 Å². The quantitative estimate of drug-likeness (QED) is 0.476. The van der Waals surface area contributed by atoms with Crippen LogP contribution < -0.4 is 11.1 Å². The number of aliphatic hydroxyl groups is 1. The molecule has 2 amide bonds. The van der Waals surface area contributed by atoms with Gasteiger partial charge < -0.3 is 21.3 Å². The molecule has 1 aromatic rings. The second kappa shape index (κ2) is 5.22. The van der Waals surface area contributed by atoms with Crippen LogP contribution in [0.15, 0.2) is 12.1 Å². The van der Waals surface area contributed by atoms with Crippen LogP contribution in [0.5, 0.6) is 5.75 Å². The number of nitrogens with one attached hydrogen (secondary N) is 1. The van der Waals surface area contributed by atoms with Gasteiger partial charge in [0.05, 0.1) is 10.0 Å². The first kappa shape index (κ1) is 13.6. The van der Waals surface area contributed by atoms with Crippen molar-refractivity contribution < 1.29 is 19.8 Å². The number of phenols is 1. The lowest BCUT2D eigenvalue weighted by atomic mass is 10.2. The maximum absolute atomic E-state index is 11.3. The van der Waals surface area contributed by atoms with Gasteiger partial charge in [0, 0.05) is 5.69 Å². The molecule has 92 valence electrons. The molecule has 0 bridgehead atoms. The van der Waals surface area contributed by atoms with E-state index >= 15 is 0 Å². The molecule has 6 nitrogen and oxygen atoms in total. The lowest BCUT2D eigenvalue weighted by molar-refractivity contribution is -0.136. The van der Waals surface area contributed by atoms with Crippen molar-refractivity contribution in [3.8, 4) is 5.75 Å². The van der Waals surface area contributed by atoms with Gasteiger partial charge in [0.25, 0.3) is 11.8 Å². The third-order valence-electron chi connectivity index (χ3n) is 1.80. The van der Waals surface area contributed by atoms with Gasteiger partial charge in [0.15, 0.2) is 5.75 Å². The van der Waals surface area contributed by atoms with E-state index < -0.39 is 17.9 Å². The Labute approximate surface area is 106 Å². The van der Waals surface area contributed by atoms with Crippen LogP contribution in [0, 0.1) is 0 Å². The minimum atomic E-state index is -1.97. The van der Waals surface area contributed by atoms with Gasteiger partial charge in [-0.2, -0.15) is 0 Å². The topological polar surface area (TPSA) is 113 Å². The summed E-state index contributed by atoms with van der Waals surface area (Å²) in [6.45, 7) is 0. The van der Waals surface area contributed by atoms with Crippen molar-refractivity contribution in [1.82, 2.24) is 0 Å². The number of phenolic OH excluding ortho intramolecular Hbond substituents is 1. The van der Waals surface area contributed by atoms with Crippen molar-refractivity contribution in [2.75, 3.05) is 5.32 Å². The fourth-order valence-corrected chi connectivity index (χ4v) is 1.46. The highest BCUT2D eigenvalue weighted by Gasteiger charge is 2.21. The average molecular weight is 279 g/mol. The summed E-state index contributed by atoms with van der Waals surface area (Å²) < 4.78 is 0. The number of rotatable bonds is 3. The number of carbonyl (C=O) groups excluding carboxylic acids is 2. The van der Waals surface area contributed by atoms with Crippen LogP contribution in [0.2, 0.25) is 10.0 Å². The largest absolute Gasteiger partial charge is 0.505 e. The van der Waals surface area contributed by atoms with E-state index in [2.05, 4.69) is 5.32 Å². The highest BCUT2D eigenvalue weighted by molar-refractivity contribution is 6.37. The lowest BCUT2D eigenvalue weighted by Gasteiger charge is -2.09. The molecule has 0 spiro atoms. The van der Waals surface area contributed by atoms with E-state index in [0.717, 1.165) is 0 Å². The van der Waals surface area contributed by atoms with Gasteiger partial charge in [0.2, 0.25) is 6.10 Å². The predicted octanol–water partition coefficient (Wildman–Crippen LogP) is 0.484. The zero-order valence-electron chi connectivity index (χ0n) is 8.28. The number of hydrogen-bond acceptors (Lipinski definition) is 4. The zero-order valence-corrected chi connectivity index (χ0v) is 9.79. The number of carbonyl (C=O) groups is 2. The highest BCUT2D eigenvalue weighted by atomic mass is 35.5. The Morgan fingerprint density at radius 1 is 1.29 bits per heavy atom. The maximum Gasteiger partial charge on any atom is 0.263 e. The number of halogens is 2. The number of aliphatic hydroxyl groups excluding tert-OH is 1. The van der Waals surface area contributed by atoms with Crippen molar-refractivity contribution in [3.63, 3.8) is 0 Å². The second-order valence-electron chi connectivity index (χ2n) is 3.08. The number of hydrogen-bond donors (Lipinski definition) is 4. The third-order valence-corrected chi connectivity index (χ3v) is 2.38. The molecule has 5 N–H and O–H groups in total. The molecule has 1 atom stereocenters. The Balaban J connectivity index is 2.90. The molecule has 17 heavy (non-hydrogen) atoms. The molecule has 0 heterocycles. The Hall–Kier alpha value is -1.50. The molecule has 0 aliphatic rings. The molecule has 0 aliphatic carbocycles. The molecule has 0 fully saturated rings. The van der Waals surface area contributed by atoms with Crippen LogP contribution >= 0.6 is 23.2 Å². The molecule has 0 aliphatic heterocycles. The summed E-state index contributed by atoms with van der Waals surface area (Å²) >= 11 is 11.2. The number of nitrogens with two attached hydrogens (primary N) is 1. The Morgan fingerprint density at radius 3 is 2.18 bits per heavy atom. The Bertz CT molecular complexity index is 455. The van der Waals surface area contributed by atoms with E-state index in [4.69, 9.17) is 34.0 Å². The fourth-order valence-electron chi connectivity index (χ4n) is 0.978. The van der Waals surface area contributed by atoms with Gasteiger partial charge in [-0.25, -0.2) is 0 Å². The maximum atomic E-state index is 11.3. The summed E-state index contributed by atoms with van der Waals surface area (Å²) in [7, 11) is 0. The normalized spacial score (nSPS) is 11.9. The molecule has 0 aromatic heterocycles. The summed E-state index contributed by atoms with van der Waals surface area (Å²) in [6.07, 6.45) is -1.97. The molecule has 1 aromatic carbocycles. The first-order chi connectivity index (χ1) is 7.82. The number of primary amides is 1. The van der Waals surface area contributed by atoms with E-state index in [1.54, 1.807) is 0 Å². The molecule has 8 heteroatoms. The van der Waals surface area contributed by atoms with E-state index in [9.17, 15) is 14.7 Å². The van der Waals surface area contributed by atoms with Crippen LogP contribution in [-0.2, 0) is 9.59 Å². The van der Waals surface area contributed by atoms with Gasteiger partial charge in [-0.1, -0.05) is 23.2 Å². The van der Waals surface area contributed by atoms with Crippen LogP contribution in [0.4, 0.5) is 5.69 Å². The van der Waals surface area contributed by atoms with Crippen LogP contribution in [-0.4, -0.2) is 28.1 Å². The van der Waals surface area contributed by atoms with Crippen molar-refractivity contribution in [2.24, 2.45) is 5.73 Å². The zero-order chi connectivity index (χ0) is 13.2. The van der Waals surface area contributed by atoms with Crippen LogP contribution in [0.25, 0.3) is 0 Å². The van der Waals surface area contributed by atoms with Gasteiger partial charge in [-0.15, -0.1) is 0 Å². The van der Waals surface area contributed by atoms with Crippen molar-refractivity contribution in [2.45, 2.75) is 6.10 Å². The fraction of sp³-hybridized carbons (Fsp3) is 0.111. The van der Waals surface area contributed by atoms with E-state index in [0.29, 0.717) is 0 Å².